The first-order valence-corrected chi connectivity index (χ1v) is 5.15. The van der Waals surface area contributed by atoms with E-state index in [2.05, 4.69) is 0 Å². The number of carbonyl (C=O) groups excluding carboxylic acids is 1. The molecule has 0 spiro atoms. The molecule has 16 heavy (non-hydrogen) atoms. The molecule has 0 saturated heterocycles. The molecule has 1 aromatic heterocycles. The first-order valence-electron chi connectivity index (χ1n) is 4.77. The van der Waals surface area contributed by atoms with Crippen molar-refractivity contribution in [3.05, 3.63) is 53.3 Å². The van der Waals surface area contributed by atoms with Crippen molar-refractivity contribution >= 4 is 24.0 Å². The minimum atomic E-state index is 0.650. The summed E-state index contributed by atoms with van der Waals surface area (Å²) >= 11 is 5.79. The van der Waals surface area contributed by atoms with Gasteiger partial charge in [-0.05, 0) is 48.6 Å². The van der Waals surface area contributed by atoms with Crippen LogP contribution < -0.4 is 0 Å². The molecule has 0 aliphatic rings. The molecule has 3 heteroatoms. The Morgan fingerprint density at radius 2 is 1.81 bits per heavy atom. The average molecular weight is 233 g/mol. The Kier molecular flexibility index (Phi) is 3.22. The van der Waals surface area contributed by atoms with Crippen LogP contribution in [0.1, 0.15) is 5.76 Å². The zero-order valence-corrected chi connectivity index (χ0v) is 9.15. The van der Waals surface area contributed by atoms with E-state index in [1.54, 1.807) is 18.2 Å². The summed E-state index contributed by atoms with van der Waals surface area (Å²) < 4.78 is 5.52. The Balaban J connectivity index is 2.27. The van der Waals surface area contributed by atoms with Gasteiger partial charge in [0.25, 0.3) is 0 Å². The van der Waals surface area contributed by atoms with Crippen LogP contribution in [0.4, 0.5) is 0 Å². The number of allylic oxidation sites excluding steroid dienone is 1. The molecule has 0 saturated carbocycles. The minimum absolute atomic E-state index is 0.650. The Hall–Kier alpha value is -1.80. The monoisotopic (exact) mass is 232 g/mol. The van der Waals surface area contributed by atoms with Crippen molar-refractivity contribution in [3.8, 4) is 11.3 Å². The molecule has 2 aromatic rings. The quantitative estimate of drug-likeness (QED) is 0.595. The van der Waals surface area contributed by atoms with Crippen molar-refractivity contribution < 1.29 is 9.21 Å². The highest BCUT2D eigenvalue weighted by Crippen LogP contribution is 2.24. The average Bonchev–Trinajstić information content (AvgIpc) is 2.76. The van der Waals surface area contributed by atoms with Gasteiger partial charge in [0.2, 0.25) is 0 Å². The molecular formula is C13H9ClO2. The molecule has 80 valence electrons. The largest absolute Gasteiger partial charge is 0.457 e. The molecule has 0 amide bonds. The molecule has 2 nitrogen and oxygen atoms in total. The molecule has 0 aliphatic heterocycles. The van der Waals surface area contributed by atoms with Crippen molar-refractivity contribution in [2.45, 2.75) is 0 Å². The summed E-state index contributed by atoms with van der Waals surface area (Å²) in [6.45, 7) is 0. The second kappa shape index (κ2) is 4.81. The van der Waals surface area contributed by atoms with E-state index >= 15 is 0 Å². The fourth-order valence-electron chi connectivity index (χ4n) is 1.35. The third kappa shape index (κ3) is 2.41. The van der Waals surface area contributed by atoms with Gasteiger partial charge < -0.3 is 4.42 Å². The molecule has 0 fully saturated rings. The minimum Gasteiger partial charge on any atom is -0.457 e. The molecule has 0 unspecified atom stereocenters. The lowest BCUT2D eigenvalue weighted by atomic mass is 10.2. The smallest absolute Gasteiger partial charge is 0.142 e. The molecule has 1 aromatic carbocycles. The zero-order chi connectivity index (χ0) is 11.4. The van der Waals surface area contributed by atoms with Gasteiger partial charge in [0, 0.05) is 10.6 Å². The Morgan fingerprint density at radius 3 is 2.50 bits per heavy atom. The summed E-state index contributed by atoms with van der Waals surface area (Å²) in [5.41, 5.74) is 0.954. The number of halogens is 1. The number of aldehydes is 1. The summed E-state index contributed by atoms with van der Waals surface area (Å²) in [5, 5.41) is 0.691. The van der Waals surface area contributed by atoms with E-state index in [9.17, 15) is 4.79 Å². The van der Waals surface area contributed by atoms with Gasteiger partial charge in [0.1, 0.15) is 17.8 Å². The van der Waals surface area contributed by atoms with Crippen LogP contribution in [0, 0.1) is 0 Å². The Morgan fingerprint density at radius 1 is 1.06 bits per heavy atom. The van der Waals surface area contributed by atoms with E-state index in [1.807, 2.05) is 24.3 Å². The third-order valence-electron chi connectivity index (χ3n) is 2.09. The highest BCUT2D eigenvalue weighted by molar-refractivity contribution is 6.30. The van der Waals surface area contributed by atoms with Gasteiger partial charge in [-0.1, -0.05) is 11.6 Å². The van der Waals surface area contributed by atoms with E-state index in [0.29, 0.717) is 17.1 Å². The molecule has 0 atom stereocenters. The first-order chi connectivity index (χ1) is 7.79. The van der Waals surface area contributed by atoms with Gasteiger partial charge >= 0.3 is 0 Å². The Bertz CT molecular complexity index is 509. The van der Waals surface area contributed by atoms with Crippen LogP contribution in [-0.2, 0) is 4.79 Å². The molecule has 2 rings (SSSR count). The maximum Gasteiger partial charge on any atom is 0.142 e. The first kappa shape index (κ1) is 10.7. The number of carbonyl (C=O) groups is 1. The van der Waals surface area contributed by atoms with Crippen LogP contribution in [0.15, 0.2) is 46.9 Å². The number of hydrogen-bond acceptors (Lipinski definition) is 2. The summed E-state index contributed by atoms with van der Waals surface area (Å²) in [6, 6.07) is 11.0. The van der Waals surface area contributed by atoms with Crippen LogP contribution >= 0.6 is 11.6 Å². The van der Waals surface area contributed by atoms with E-state index in [1.165, 1.54) is 6.08 Å². The second-order valence-corrected chi connectivity index (χ2v) is 3.64. The van der Waals surface area contributed by atoms with Crippen molar-refractivity contribution in [2.24, 2.45) is 0 Å². The topological polar surface area (TPSA) is 30.2 Å². The predicted molar refractivity (Wildman–Crippen MR) is 64.3 cm³/mol. The summed E-state index contributed by atoms with van der Waals surface area (Å²) in [6.07, 6.45) is 3.72. The van der Waals surface area contributed by atoms with Crippen LogP contribution in [0.2, 0.25) is 5.02 Å². The van der Waals surface area contributed by atoms with Crippen molar-refractivity contribution in [3.63, 3.8) is 0 Å². The lowest BCUT2D eigenvalue weighted by Crippen LogP contribution is -1.72. The standard InChI is InChI=1S/C13H9ClO2/c14-11-5-3-10(4-6-11)13-8-7-12(16-13)2-1-9-15/h1-9H/b2-1+. The number of rotatable bonds is 3. The summed E-state index contributed by atoms with van der Waals surface area (Å²) in [4.78, 5) is 10.1. The fourth-order valence-corrected chi connectivity index (χ4v) is 1.47. The highest BCUT2D eigenvalue weighted by Gasteiger charge is 2.02. The van der Waals surface area contributed by atoms with Crippen LogP contribution in [-0.4, -0.2) is 6.29 Å². The summed E-state index contributed by atoms with van der Waals surface area (Å²) in [7, 11) is 0. The van der Waals surface area contributed by atoms with Gasteiger partial charge in [-0.3, -0.25) is 4.79 Å². The molecular weight excluding hydrogens is 224 g/mol. The Labute approximate surface area is 98.2 Å². The van der Waals surface area contributed by atoms with Gasteiger partial charge in [-0.2, -0.15) is 0 Å². The van der Waals surface area contributed by atoms with Crippen molar-refractivity contribution in [1.29, 1.82) is 0 Å². The molecule has 1 heterocycles. The van der Waals surface area contributed by atoms with Gasteiger partial charge in [0.15, 0.2) is 0 Å². The molecule has 0 aliphatic carbocycles. The normalized spacial score (nSPS) is 10.8. The zero-order valence-electron chi connectivity index (χ0n) is 8.39. The lowest BCUT2D eigenvalue weighted by molar-refractivity contribution is -0.104. The molecule has 0 N–H and O–H groups in total. The third-order valence-corrected chi connectivity index (χ3v) is 2.35. The van der Waals surface area contributed by atoms with Crippen LogP contribution in [0.5, 0.6) is 0 Å². The molecule has 0 radical (unpaired) electrons. The van der Waals surface area contributed by atoms with Gasteiger partial charge in [-0.15, -0.1) is 0 Å². The van der Waals surface area contributed by atoms with E-state index in [4.69, 9.17) is 16.0 Å². The number of furan rings is 1. The van der Waals surface area contributed by atoms with Crippen molar-refractivity contribution in [2.75, 3.05) is 0 Å². The fraction of sp³-hybridized carbons (Fsp3) is 0. The van der Waals surface area contributed by atoms with Crippen molar-refractivity contribution in [1.82, 2.24) is 0 Å². The van der Waals surface area contributed by atoms with Crippen LogP contribution in [0.25, 0.3) is 17.4 Å². The maximum absolute atomic E-state index is 10.1. The van der Waals surface area contributed by atoms with Gasteiger partial charge in [0.05, 0.1) is 0 Å². The summed E-state index contributed by atoms with van der Waals surface area (Å²) in [5.74, 6) is 1.40. The van der Waals surface area contributed by atoms with E-state index < -0.39 is 0 Å². The van der Waals surface area contributed by atoms with Crippen LogP contribution in [0.3, 0.4) is 0 Å². The van der Waals surface area contributed by atoms with Gasteiger partial charge in [-0.25, -0.2) is 0 Å². The van der Waals surface area contributed by atoms with E-state index in [0.717, 1.165) is 11.3 Å². The highest BCUT2D eigenvalue weighted by atomic mass is 35.5. The maximum atomic E-state index is 10.1. The number of benzene rings is 1. The predicted octanol–water partition coefficient (Wildman–Crippen LogP) is 3.81. The molecule has 0 bridgehead atoms. The number of hydrogen-bond donors (Lipinski definition) is 0. The van der Waals surface area contributed by atoms with E-state index in [-0.39, 0.29) is 0 Å². The second-order valence-electron chi connectivity index (χ2n) is 3.20. The SMILES string of the molecule is O=C/C=C/c1ccc(-c2ccc(Cl)cc2)o1. The lowest BCUT2D eigenvalue weighted by Gasteiger charge is -1.96.